The van der Waals surface area contributed by atoms with Crippen LogP contribution in [0.1, 0.15) is 70.3 Å². The average Bonchev–Trinajstić information content (AvgIpc) is 3.10. The van der Waals surface area contributed by atoms with Crippen molar-refractivity contribution in [2.45, 2.75) is 70.3 Å². The van der Waals surface area contributed by atoms with E-state index >= 15 is 0 Å². The molecule has 0 saturated heterocycles. The van der Waals surface area contributed by atoms with Gasteiger partial charge in [-0.1, -0.05) is 44.9 Å². The van der Waals surface area contributed by atoms with E-state index in [2.05, 4.69) is 21.1 Å². The molecule has 0 unspecified atom stereocenters. The van der Waals surface area contributed by atoms with Crippen LogP contribution >= 0.6 is 0 Å². The summed E-state index contributed by atoms with van der Waals surface area (Å²) in [6.45, 7) is 1.09. The largest absolute Gasteiger partial charge is 0.356 e. The summed E-state index contributed by atoms with van der Waals surface area (Å²) in [6, 6.07) is 0.694. The molecule has 3 nitrogen and oxygen atoms in total. The highest BCUT2D eigenvalue weighted by atomic mass is 15.2. The number of imidazole rings is 1. The smallest absolute Gasteiger partial charge is 0.203 e. The molecule has 106 valence electrons. The van der Waals surface area contributed by atoms with Crippen LogP contribution in [-0.4, -0.2) is 16.1 Å². The van der Waals surface area contributed by atoms with Crippen molar-refractivity contribution in [1.29, 1.82) is 0 Å². The molecule has 0 spiro atoms. The first kappa shape index (κ1) is 13.0. The number of anilines is 1. The van der Waals surface area contributed by atoms with Crippen molar-refractivity contribution in [3.05, 3.63) is 12.4 Å². The summed E-state index contributed by atoms with van der Waals surface area (Å²) in [6.07, 6.45) is 18.1. The van der Waals surface area contributed by atoms with E-state index in [0.717, 1.165) is 18.4 Å². The minimum atomic E-state index is 0.694. The SMILES string of the molecule is c1cn(C2CCCC2)c(NCCC2CCCCC2)n1. The van der Waals surface area contributed by atoms with E-state index < -0.39 is 0 Å². The van der Waals surface area contributed by atoms with E-state index in [0.29, 0.717) is 6.04 Å². The Labute approximate surface area is 116 Å². The lowest BCUT2D eigenvalue weighted by Crippen LogP contribution is -2.15. The normalized spacial score (nSPS) is 21.9. The Kier molecular flexibility index (Phi) is 4.41. The van der Waals surface area contributed by atoms with Crippen LogP contribution in [0.4, 0.5) is 5.95 Å². The van der Waals surface area contributed by atoms with E-state index in [1.807, 2.05) is 6.20 Å². The van der Waals surface area contributed by atoms with Crippen LogP contribution in [0.15, 0.2) is 12.4 Å². The molecule has 1 heterocycles. The van der Waals surface area contributed by atoms with Crippen molar-refractivity contribution in [2.24, 2.45) is 5.92 Å². The topological polar surface area (TPSA) is 29.9 Å². The Bertz CT molecular complexity index is 373. The molecule has 0 amide bonds. The van der Waals surface area contributed by atoms with Crippen LogP contribution in [-0.2, 0) is 0 Å². The zero-order chi connectivity index (χ0) is 12.9. The first-order valence-electron chi connectivity index (χ1n) is 8.20. The van der Waals surface area contributed by atoms with Crippen molar-refractivity contribution >= 4 is 5.95 Å². The predicted octanol–water partition coefficient (Wildman–Crippen LogP) is 4.38. The Morgan fingerprint density at radius 2 is 1.79 bits per heavy atom. The van der Waals surface area contributed by atoms with Gasteiger partial charge in [-0.15, -0.1) is 0 Å². The number of aromatic nitrogens is 2. The molecule has 3 rings (SSSR count). The summed E-state index contributed by atoms with van der Waals surface area (Å²) < 4.78 is 2.37. The zero-order valence-corrected chi connectivity index (χ0v) is 12.0. The fourth-order valence-electron chi connectivity index (χ4n) is 3.79. The van der Waals surface area contributed by atoms with Crippen LogP contribution < -0.4 is 5.32 Å². The summed E-state index contributed by atoms with van der Waals surface area (Å²) in [5.74, 6) is 2.05. The summed E-state index contributed by atoms with van der Waals surface area (Å²) in [5, 5.41) is 3.57. The van der Waals surface area contributed by atoms with Gasteiger partial charge in [0.25, 0.3) is 0 Å². The van der Waals surface area contributed by atoms with Gasteiger partial charge in [0.2, 0.25) is 5.95 Å². The van der Waals surface area contributed by atoms with Crippen molar-refractivity contribution in [3.8, 4) is 0 Å². The highest BCUT2D eigenvalue weighted by molar-refractivity contribution is 5.26. The van der Waals surface area contributed by atoms with Gasteiger partial charge >= 0.3 is 0 Å². The Balaban J connectivity index is 1.48. The van der Waals surface area contributed by atoms with Gasteiger partial charge < -0.3 is 9.88 Å². The summed E-state index contributed by atoms with van der Waals surface area (Å²) >= 11 is 0. The first-order chi connectivity index (χ1) is 9.43. The van der Waals surface area contributed by atoms with E-state index in [1.54, 1.807) is 0 Å². The quantitative estimate of drug-likeness (QED) is 0.852. The molecule has 1 aromatic heterocycles. The molecule has 0 radical (unpaired) electrons. The van der Waals surface area contributed by atoms with Crippen molar-refractivity contribution < 1.29 is 0 Å². The van der Waals surface area contributed by atoms with Gasteiger partial charge in [0.1, 0.15) is 0 Å². The third-order valence-corrected chi connectivity index (χ3v) is 4.95. The monoisotopic (exact) mass is 261 g/mol. The standard InChI is InChI=1S/C16H27N3/c1-2-6-14(7-3-1)10-11-17-16-18-12-13-19(16)15-8-4-5-9-15/h12-15H,1-11H2,(H,17,18). The van der Waals surface area contributed by atoms with Gasteiger partial charge in [0.05, 0.1) is 0 Å². The number of hydrogen-bond acceptors (Lipinski definition) is 2. The molecule has 0 atom stereocenters. The molecule has 3 heteroatoms. The van der Waals surface area contributed by atoms with Gasteiger partial charge in [-0.05, 0) is 25.2 Å². The Morgan fingerprint density at radius 3 is 2.58 bits per heavy atom. The van der Waals surface area contributed by atoms with Crippen LogP contribution in [0.25, 0.3) is 0 Å². The van der Waals surface area contributed by atoms with E-state index in [-0.39, 0.29) is 0 Å². The number of nitrogens with zero attached hydrogens (tertiary/aromatic N) is 2. The van der Waals surface area contributed by atoms with Crippen LogP contribution in [0, 0.1) is 5.92 Å². The molecule has 0 aromatic carbocycles. The lowest BCUT2D eigenvalue weighted by Gasteiger charge is -2.22. The van der Waals surface area contributed by atoms with Gasteiger partial charge in [-0.25, -0.2) is 4.98 Å². The molecule has 2 aliphatic rings. The molecule has 1 N–H and O–H groups in total. The molecule has 19 heavy (non-hydrogen) atoms. The minimum Gasteiger partial charge on any atom is -0.356 e. The number of rotatable bonds is 5. The van der Waals surface area contributed by atoms with Crippen LogP contribution in [0.2, 0.25) is 0 Å². The average molecular weight is 261 g/mol. The van der Waals surface area contributed by atoms with Crippen molar-refractivity contribution in [3.63, 3.8) is 0 Å². The maximum absolute atomic E-state index is 4.50. The molecule has 0 aliphatic heterocycles. The van der Waals surface area contributed by atoms with Gasteiger partial charge in [-0.2, -0.15) is 0 Å². The second kappa shape index (κ2) is 6.44. The van der Waals surface area contributed by atoms with Crippen molar-refractivity contribution in [2.75, 3.05) is 11.9 Å². The predicted molar refractivity (Wildman–Crippen MR) is 79.4 cm³/mol. The van der Waals surface area contributed by atoms with E-state index in [1.165, 1.54) is 64.2 Å². The van der Waals surface area contributed by atoms with E-state index in [4.69, 9.17) is 0 Å². The molecule has 2 fully saturated rings. The molecule has 2 aliphatic carbocycles. The molecule has 1 aromatic rings. The summed E-state index contributed by atoms with van der Waals surface area (Å²) in [4.78, 5) is 4.50. The first-order valence-corrected chi connectivity index (χ1v) is 8.20. The van der Waals surface area contributed by atoms with E-state index in [9.17, 15) is 0 Å². The van der Waals surface area contributed by atoms with Gasteiger partial charge in [-0.3, -0.25) is 0 Å². The van der Waals surface area contributed by atoms with Gasteiger partial charge in [0.15, 0.2) is 0 Å². The fourth-order valence-corrected chi connectivity index (χ4v) is 3.79. The summed E-state index contributed by atoms with van der Waals surface area (Å²) in [7, 11) is 0. The third kappa shape index (κ3) is 3.31. The molecule has 2 saturated carbocycles. The highest BCUT2D eigenvalue weighted by Gasteiger charge is 2.19. The van der Waals surface area contributed by atoms with Crippen LogP contribution in [0.5, 0.6) is 0 Å². The lowest BCUT2D eigenvalue weighted by molar-refractivity contribution is 0.345. The lowest BCUT2D eigenvalue weighted by atomic mass is 9.87. The zero-order valence-electron chi connectivity index (χ0n) is 12.0. The number of nitrogens with one attached hydrogen (secondary N) is 1. The molecule has 0 bridgehead atoms. The van der Waals surface area contributed by atoms with Gasteiger partial charge in [0, 0.05) is 25.0 Å². The van der Waals surface area contributed by atoms with Crippen molar-refractivity contribution in [1.82, 2.24) is 9.55 Å². The van der Waals surface area contributed by atoms with Crippen LogP contribution in [0.3, 0.4) is 0 Å². The Morgan fingerprint density at radius 1 is 1.05 bits per heavy atom. The second-order valence-electron chi connectivity index (χ2n) is 6.32. The third-order valence-electron chi connectivity index (χ3n) is 4.95. The minimum absolute atomic E-state index is 0.694. The maximum Gasteiger partial charge on any atom is 0.203 e. The fraction of sp³-hybridized carbons (Fsp3) is 0.812. The molecular weight excluding hydrogens is 234 g/mol. The summed E-state index contributed by atoms with van der Waals surface area (Å²) in [5.41, 5.74) is 0. The maximum atomic E-state index is 4.50. The molecular formula is C16H27N3. The number of hydrogen-bond donors (Lipinski definition) is 1. The Hall–Kier alpha value is -0.990. The highest BCUT2D eigenvalue weighted by Crippen LogP contribution is 2.31. The second-order valence-corrected chi connectivity index (χ2v) is 6.32.